The van der Waals surface area contributed by atoms with Crippen molar-refractivity contribution in [2.24, 2.45) is 0 Å². The molecule has 1 aliphatic rings. The Kier molecular flexibility index (Phi) is 6.79. The minimum absolute atomic E-state index is 0.160. The van der Waals surface area contributed by atoms with Crippen molar-refractivity contribution in [3.63, 3.8) is 0 Å². The van der Waals surface area contributed by atoms with E-state index in [1.165, 1.54) is 0 Å². The molecule has 1 aromatic heterocycles. The Balaban J connectivity index is 1.33. The number of para-hydroxylation sites is 1. The fraction of sp³-hybridized carbons (Fsp3) is 0.280. The van der Waals surface area contributed by atoms with E-state index < -0.39 is 0 Å². The van der Waals surface area contributed by atoms with Gasteiger partial charge in [0.05, 0.1) is 5.56 Å². The largest absolute Gasteiger partial charge is 0.488 e. The third-order valence-corrected chi connectivity index (χ3v) is 5.46. The van der Waals surface area contributed by atoms with Crippen LogP contribution in [0.5, 0.6) is 5.75 Å². The first kappa shape index (κ1) is 20.9. The molecule has 0 aliphatic carbocycles. The smallest absolute Gasteiger partial charge is 0.255 e. The molecule has 6 nitrogen and oxygen atoms in total. The zero-order chi connectivity index (χ0) is 21.5. The average molecular weight is 417 g/mol. The lowest BCUT2D eigenvalue weighted by atomic mass is 10.1. The van der Waals surface area contributed by atoms with Crippen LogP contribution in [-0.2, 0) is 13.2 Å². The normalized spacial score (nSPS) is 14.3. The van der Waals surface area contributed by atoms with Gasteiger partial charge in [-0.2, -0.15) is 0 Å². The van der Waals surface area contributed by atoms with Gasteiger partial charge in [0.15, 0.2) is 0 Å². The lowest BCUT2D eigenvalue weighted by Crippen LogP contribution is -2.44. The van der Waals surface area contributed by atoms with Crippen LogP contribution >= 0.6 is 0 Å². The number of hydrogen-bond acceptors (Lipinski definition) is 5. The number of nitrogens with one attached hydrogen (secondary N) is 1. The summed E-state index contributed by atoms with van der Waals surface area (Å²) in [6, 6.07) is 21.3. The van der Waals surface area contributed by atoms with Crippen LogP contribution in [0.15, 0.2) is 72.9 Å². The van der Waals surface area contributed by atoms with Gasteiger partial charge in [-0.05, 0) is 36.4 Å². The van der Waals surface area contributed by atoms with E-state index in [0.29, 0.717) is 24.5 Å². The van der Waals surface area contributed by atoms with Crippen LogP contribution < -0.4 is 15.0 Å². The fourth-order valence-corrected chi connectivity index (χ4v) is 3.54. The number of piperazine rings is 1. The molecule has 1 saturated heterocycles. The minimum Gasteiger partial charge on any atom is -0.488 e. The molecule has 0 spiro atoms. The molecule has 0 atom stereocenters. The van der Waals surface area contributed by atoms with Crippen LogP contribution in [0.1, 0.15) is 21.5 Å². The second kappa shape index (κ2) is 10.1. The molecule has 1 fully saturated rings. The van der Waals surface area contributed by atoms with Gasteiger partial charge in [-0.1, -0.05) is 48.5 Å². The molecule has 6 heteroatoms. The molecule has 0 unspecified atom stereocenters. The van der Waals surface area contributed by atoms with Crippen molar-refractivity contribution < 1.29 is 9.53 Å². The Morgan fingerprint density at radius 1 is 0.935 bits per heavy atom. The van der Waals surface area contributed by atoms with E-state index in [0.717, 1.165) is 43.1 Å². The highest BCUT2D eigenvalue weighted by Gasteiger charge is 2.15. The summed E-state index contributed by atoms with van der Waals surface area (Å²) in [6.45, 7) is 4.90. The molecule has 0 saturated carbocycles. The number of anilines is 1. The molecule has 1 N–H and O–H groups in total. The first-order valence-corrected chi connectivity index (χ1v) is 10.6. The van der Waals surface area contributed by atoms with E-state index in [9.17, 15) is 4.79 Å². The van der Waals surface area contributed by atoms with Gasteiger partial charge >= 0.3 is 0 Å². The molecule has 0 radical (unpaired) electrons. The number of hydrogen-bond donors (Lipinski definition) is 1. The third-order valence-electron chi connectivity index (χ3n) is 5.46. The van der Waals surface area contributed by atoms with Gasteiger partial charge in [-0.25, -0.2) is 4.98 Å². The molecule has 0 bridgehead atoms. The second-order valence-corrected chi connectivity index (χ2v) is 7.77. The van der Waals surface area contributed by atoms with Crippen molar-refractivity contribution in [2.75, 3.05) is 38.1 Å². The minimum atomic E-state index is -0.160. The van der Waals surface area contributed by atoms with Gasteiger partial charge in [0.2, 0.25) is 0 Å². The summed E-state index contributed by atoms with van der Waals surface area (Å²) < 4.78 is 5.90. The maximum absolute atomic E-state index is 12.8. The highest BCUT2D eigenvalue weighted by molar-refractivity contribution is 5.96. The number of rotatable bonds is 7. The Morgan fingerprint density at radius 2 is 1.68 bits per heavy atom. The standard InChI is InChI=1S/C25H28N4O2/c1-28-13-15-29(16-14-28)24-12-11-21(17-26-24)18-27-25(30)22-9-5-6-10-23(22)31-19-20-7-3-2-4-8-20/h2-12,17H,13-16,18-19H2,1H3,(H,27,30). The number of carbonyl (C=O) groups excluding carboxylic acids is 1. The van der Waals surface area contributed by atoms with Gasteiger partial charge in [-0.3, -0.25) is 4.79 Å². The number of ether oxygens (including phenoxy) is 1. The van der Waals surface area contributed by atoms with Gasteiger partial charge < -0.3 is 19.9 Å². The van der Waals surface area contributed by atoms with Crippen LogP contribution in [0.25, 0.3) is 0 Å². The molecule has 1 amide bonds. The van der Waals surface area contributed by atoms with Gasteiger partial charge in [0.1, 0.15) is 18.2 Å². The highest BCUT2D eigenvalue weighted by Crippen LogP contribution is 2.20. The summed E-state index contributed by atoms with van der Waals surface area (Å²) in [4.78, 5) is 22.0. The van der Waals surface area contributed by atoms with E-state index in [-0.39, 0.29) is 5.91 Å². The number of aromatic nitrogens is 1. The average Bonchev–Trinajstić information content (AvgIpc) is 2.83. The summed E-state index contributed by atoms with van der Waals surface area (Å²) >= 11 is 0. The molecule has 2 heterocycles. The summed E-state index contributed by atoms with van der Waals surface area (Å²) in [5.41, 5.74) is 2.55. The maximum atomic E-state index is 12.8. The van der Waals surface area contributed by atoms with Crippen LogP contribution in [0.4, 0.5) is 5.82 Å². The molecule has 1 aliphatic heterocycles. The van der Waals surface area contributed by atoms with Crippen molar-refractivity contribution in [3.8, 4) is 5.75 Å². The predicted molar refractivity (Wildman–Crippen MR) is 122 cm³/mol. The van der Waals surface area contributed by atoms with Gasteiger partial charge in [-0.15, -0.1) is 0 Å². The quantitative estimate of drug-likeness (QED) is 0.640. The number of amides is 1. The highest BCUT2D eigenvalue weighted by atomic mass is 16.5. The topological polar surface area (TPSA) is 57.7 Å². The lowest BCUT2D eigenvalue weighted by Gasteiger charge is -2.33. The van der Waals surface area contributed by atoms with E-state index in [2.05, 4.69) is 27.1 Å². The lowest BCUT2D eigenvalue weighted by molar-refractivity contribution is 0.0946. The van der Waals surface area contributed by atoms with E-state index in [4.69, 9.17) is 4.74 Å². The van der Waals surface area contributed by atoms with Crippen molar-refractivity contribution in [1.29, 1.82) is 0 Å². The Bertz CT molecular complexity index is 984. The van der Waals surface area contributed by atoms with E-state index in [1.54, 1.807) is 6.07 Å². The third kappa shape index (κ3) is 5.61. The molecular weight excluding hydrogens is 388 g/mol. The number of nitrogens with zero attached hydrogens (tertiary/aromatic N) is 3. The summed E-state index contributed by atoms with van der Waals surface area (Å²) in [5, 5.41) is 2.98. The molecule has 2 aromatic carbocycles. The SMILES string of the molecule is CN1CCN(c2ccc(CNC(=O)c3ccccc3OCc3ccccc3)cn2)CC1. The second-order valence-electron chi connectivity index (χ2n) is 7.77. The first-order valence-electron chi connectivity index (χ1n) is 10.6. The van der Waals surface area contributed by atoms with E-state index in [1.807, 2.05) is 66.9 Å². The van der Waals surface area contributed by atoms with Crippen molar-refractivity contribution in [2.45, 2.75) is 13.2 Å². The number of carbonyl (C=O) groups is 1. The Hall–Kier alpha value is -3.38. The number of pyridine rings is 1. The van der Waals surface area contributed by atoms with Crippen molar-refractivity contribution in [1.82, 2.24) is 15.2 Å². The van der Waals surface area contributed by atoms with Crippen LogP contribution in [0, 0.1) is 0 Å². The summed E-state index contributed by atoms with van der Waals surface area (Å²) in [5.74, 6) is 1.40. The zero-order valence-corrected chi connectivity index (χ0v) is 17.8. The number of likely N-dealkylation sites (N-methyl/N-ethyl adjacent to an activating group) is 1. The molecular formula is C25H28N4O2. The summed E-state index contributed by atoms with van der Waals surface area (Å²) in [6.07, 6.45) is 1.84. The Morgan fingerprint density at radius 3 is 2.42 bits per heavy atom. The molecule has 160 valence electrons. The van der Waals surface area contributed by atoms with Crippen LogP contribution in [0.2, 0.25) is 0 Å². The van der Waals surface area contributed by atoms with Crippen molar-refractivity contribution >= 4 is 11.7 Å². The molecule has 4 rings (SSSR count). The maximum Gasteiger partial charge on any atom is 0.255 e. The molecule has 3 aromatic rings. The zero-order valence-electron chi connectivity index (χ0n) is 17.8. The van der Waals surface area contributed by atoms with Gasteiger partial charge in [0, 0.05) is 38.9 Å². The van der Waals surface area contributed by atoms with Gasteiger partial charge in [0.25, 0.3) is 5.91 Å². The van der Waals surface area contributed by atoms with Crippen LogP contribution in [0.3, 0.4) is 0 Å². The number of benzene rings is 2. The van der Waals surface area contributed by atoms with E-state index >= 15 is 0 Å². The first-order chi connectivity index (χ1) is 15.2. The predicted octanol–water partition coefficient (Wildman–Crippen LogP) is 3.34. The monoisotopic (exact) mass is 416 g/mol. The molecule has 31 heavy (non-hydrogen) atoms. The summed E-state index contributed by atoms with van der Waals surface area (Å²) in [7, 11) is 2.14. The Labute approximate surface area is 183 Å². The fourth-order valence-electron chi connectivity index (χ4n) is 3.54. The van der Waals surface area contributed by atoms with Crippen LogP contribution in [-0.4, -0.2) is 49.0 Å². The van der Waals surface area contributed by atoms with Crippen molar-refractivity contribution in [3.05, 3.63) is 89.6 Å².